The third kappa shape index (κ3) is 5.96. The second-order valence-electron chi connectivity index (χ2n) is 5.78. The molecule has 1 aliphatic rings. The van der Waals surface area contributed by atoms with Crippen molar-refractivity contribution < 1.29 is 9.47 Å². The molecule has 0 amide bonds. The maximum atomic E-state index is 5.88. The molecule has 2 rings (SSSR count). The second kappa shape index (κ2) is 8.93. The van der Waals surface area contributed by atoms with Crippen molar-refractivity contribution in [3.8, 4) is 11.5 Å². The molecule has 3 heteroatoms. The SMILES string of the molecule is CCCCCCOc1ccc(CNC2CC2)cc1OCC. The lowest BCUT2D eigenvalue weighted by molar-refractivity contribution is 0.270. The summed E-state index contributed by atoms with van der Waals surface area (Å²) in [5.41, 5.74) is 1.27. The van der Waals surface area contributed by atoms with Crippen LogP contribution in [-0.2, 0) is 6.54 Å². The van der Waals surface area contributed by atoms with E-state index in [9.17, 15) is 0 Å². The Labute approximate surface area is 129 Å². The second-order valence-corrected chi connectivity index (χ2v) is 5.78. The molecule has 0 spiro atoms. The molecule has 0 heterocycles. The summed E-state index contributed by atoms with van der Waals surface area (Å²) in [6.07, 6.45) is 7.53. The van der Waals surface area contributed by atoms with Gasteiger partial charge in [-0.15, -0.1) is 0 Å². The fraction of sp³-hybridized carbons (Fsp3) is 0.667. The normalized spacial score (nSPS) is 14.2. The molecule has 0 unspecified atom stereocenters. The Balaban J connectivity index is 1.85. The summed E-state index contributed by atoms with van der Waals surface area (Å²) in [6.45, 7) is 6.61. The van der Waals surface area contributed by atoms with Gasteiger partial charge in [0.25, 0.3) is 0 Å². The van der Waals surface area contributed by atoms with E-state index in [0.717, 1.165) is 37.1 Å². The minimum Gasteiger partial charge on any atom is -0.490 e. The fourth-order valence-corrected chi connectivity index (χ4v) is 2.31. The summed E-state index contributed by atoms with van der Waals surface area (Å²) in [5, 5.41) is 3.53. The first kappa shape index (κ1) is 16.2. The molecule has 1 saturated carbocycles. The molecule has 0 saturated heterocycles. The van der Waals surface area contributed by atoms with Gasteiger partial charge in [-0.25, -0.2) is 0 Å². The highest BCUT2D eigenvalue weighted by molar-refractivity contribution is 5.43. The van der Waals surface area contributed by atoms with Crippen LogP contribution in [-0.4, -0.2) is 19.3 Å². The van der Waals surface area contributed by atoms with E-state index >= 15 is 0 Å². The molecule has 1 N–H and O–H groups in total. The van der Waals surface area contributed by atoms with Gasteiger partial charge < -0.3 is 14.8 Å². The topological polar surface area (TPSA) is 30.5 Å². The number of nitrogens with one attached hydrogen (secondary N) is 1. The predicted molar refractivity (Wildman–Crippen MR) is 87.1 cm³/mol. The summed E-state index contributed by atoms with van der Waals surface area (Å²) >= 11 is 0. The molecule has 0 atom stereocenters. The van der Waals surface area contributed by atoms with Gasteiger partial charge in [-0.3, -0.25) is 0 Å². The van der Waals surface area contributed by atoms with Gasteiger partial charge in [0.05, 0.1) is 13.2 Å². The number of benzene rings is 1. The van der Waals surface area contributed by atoms with E-state index in [-0.39, 0.29) is 0 Å². The summed E-state index contributed by atoms with van der Waals surface area (Å²) in [4.78, 5) is 0. The number of rotatable bonds is 11. The fourth-order valence-electron chi connectivity index (χ4n) is 2.31. The molecule has 0 aromatic heterocycles. The van der Waals surface area contributed by atoms with Crippen LogP contribution in [0.4, 0.5) is 0 Å². The first-order valence-electron chi connectivity index (χ1n) is 8.45. The van der Waals surface area contributed by atoms with Crippen LogP contribution < -0.4 is 14.8 Å². The molecule has 1 fully saturated rings. The van der Waals surface area contributed by atoms with Gasteiger partial charge in [0.2, 0.25) is 0 Å². The Kier molecular flexibility index (Phi) is 6.87. The third-order valence-corrected chi connectivity index (χ3v) is 3.74. The van der Waals surface area contributed by atoms with Crippen LogP contribution in [0.5, 0.6) is 11.5 Å². The first-order valence-corrected chi connectivity index (χ1v) is 8.45. The molecular formula is C18H29NO2. The first-order chi connectivity index (χ1) is 10.3. The van der Waals surface area contributed by atoms with Crippen molar-refractivity contribution in [2.75, 3.05) is 13.2 Å². The lowest BCUT2D eigenvalue weighted by Crippen LogP contribution is -2.15. The molecule has 0 bridgehead atoms. The van der Waals surface area contributed by atoms with Crippen LogP contribution in [0, 0.1) is 0 Å². The molecule has 1 aliphatic carbocycles. The Hall–Kier alpha value is -1.22. The minimum atomic E-state index is 0.672. The van der Waals surface area contributed by atoms with E-state index in [4.69, 9.17) is 9.47 Å². The van der Waals surface area contributed by atoms with Crippen LogP contribution in [0.25, 0.3) is 0 Å². The monoisotopic (exact) mass is 291 g/mol. The maximum absolute atomic E-state index is 5.88. The van der Waals surface area contributed by atoms with Crippen LogP contribution in [0.2, 0.25) is 0 Å². The highest BCUT2D eigenvalue weighted by Crippen LogP contribution is 2.29. The Morgan fingerprint density at radius 2 is 1.90 bits per heavy atom. The summed E-state index contributed by atoms with van der Waals surface area (Å²) in [7, 11) is 0. The summed E-state index contributed by atoms with van der Waals surface area (Å²) in [5.74, 6) is 1.76. The maximum Gasteiger partial charge on any atom is 0.161 e. The molecule has 1 aromatic carbocycles. The number of ether oxygens (including phenoxy) is 2. The van der Waals surface area contributed by atoms with Gasteiger partial charge in [0.1, 0.15) is 0 Å². The zero-order valence-electron chi connectivity index (χ0n) is 13.5. The molecular weight excluding hydrogens is 262 g/mol. The Morgan fingerprint density at radius 1 is 1.05 bits per heavy atom. The van der Waals surface area contributed by atoms with E-state index < -0.39 is 0 Å². The van der Waals surface area contributed by atoms with Crippen molar-refractivity contribution in [1.82, 2.24) is 5.32 Å². The van der Waals surface area contributed by atoms with E-state index in [2.05, 4.69) is 30.4 Å². The molecule has 3 nitrogen and oxygen atoms in total. The third-order valence-electron chi connectivity index (χ3n) is 3.74. The van der Waals surface area contributed by atoms with E-state index in [1.807, 2.05) is 6.92 Å². The van der Waals surface area contributed by atoms with Crippen molar-refractivity contribution in [3.63, 3.8) is 0 Å². The number of hydrogen-bond acceptors (Lipinski definition) is 3. The van der Waals surface area contributed by atoms with Crippen LogP contribution in [0.3, 0.4) is 0 Å². The zero-order valence-corrected chi connectivity index (χ0v) is 13.5. The van der Waals surface area contributed by atoms with Gasteiger partial charge in [-0.05, 0) is 43.9 Å². The summed E-state index contributed by atoms with van der Waals surface area (Å²) in [6, 6.07) is 7.03. The standard InChI is InChI=1S/C18H29NO2/c1-3-5-6-7-12-21-17-11-8-15(13-18(17)20-4-2)14-19-16-9-10-16/h8,11,13,16,19H,3-7,9-10,12,14H2,1-2H3. The zero-order chi connectivity index (χ0) is 14.9. The molecule has 1 aromatic rings. The predicted octanol–water partition coefficient (Wildman–Crippen LogP) is 4.30. The average Bonchev–Trinajstić information content (AvgIpc) is 3.31. The Bertz CT molecular complexity index is 416. The van der Waals surface area contributed by atoms with Gasteiger partial charge in [-0.2, -0.15) is 0 Å². The average molecular weight is 291 g/mol. The van der Waals surface area contributed by atoms with E-state index in [0.29, 0.717) is 6.61 Å². The quantitative estimate of drug-likeness (QED) is 0.617. The lowest BCUT2D eigenvalue weighted by Gasteiger charge is -2.13. The van der Waals surface area contributed by atoms with E-state index in [1.54, 1.807) is 0 Å². The summed E-state index contributed by atoms with van der Waals surface area (Å²) < 4.78 is 11.6. The molecule has 0 radical (unpaired) electrons. The van der Waals surface area contributed by atoms with Gasteiger partial charge in [-0.1, -0.05) is 32.3 Å². The van der Waals surface area contributed by atoms with Gasteiger partial charge in [0.15, 0.2) is 11.5 Å². The van der Waals surface area contributed by atoms with Crippen molar-refractivity contribution in [2.45, 2.75) is 65.0 Å². The molecule has 21 heavy (non-hydrogen) atoms. The van der Waals surface area contributed by atoms with Crippen molar-refractivity contribution in [3.05, 3.63) is 23.8 Å². The number of unbranched alkanes of at least 4 members (excludes halogenated alkanes) is 3. The lowest BCUT2D eigenvalue weighted by atomic mass is 10.2. The minimum absolute atomic E-state index is 0.672. The van der Waals surface area contributed by atoms with Crippen LogP contribution >= 0.6 is 0 Å². The number of hydrogen-bond donors (Lipinski definition) is 1. The van der Waals surface area contributed by atoms with Crippen molar-refractivity contribution in [1.29, 1.82) is 0 Å². The Morgan fingerprint density at radius 3 is 2.62 bits per heavy atom. The molecule has 118 valence electrons. The van der Waals surface area contributed by atoms with Gasteiger partial charge in [0, 0.05) is 12.6 Å². The van der Waals surface area contributed by atoms with Crippen molar-refractivity contribution in [2.24, 2.45) is 0 Å². The van der Waals surface area contributed by atoms with Crippen molar-refractivity contribution >= 4 is 0 Å². The smallest absolute Gasteiger partial charge is 0.161 e. The highest BCUT2D eigenvalue weighted by atomic mass is 16.5. The van der Waals surface area contributed by atoms with E-state index in [1.165, 1.54) is 37.7 Å². The van der Waals surface area contributed by atoms with Crippen LogP contribution in [0.1, 0.15) is 57.9 Å². The molecule has 0 aliphatic heterocycles. The highest BCUT2D eigenvalue weighted by Gasteiger charge is 2.20. The van der Waals surface area contributed by atoms with Crippen LogP contribution in [0.15, 0.2) is 18.2 Å². The van der Waals surface area contributed by atoms with Gasteiger partial charge >= 0.3 is 0 Å². The largest absolute Gasteiger partial charge is 0.490 e.